The van der Waals surface area contributed by atoms with Crippen molar-refractivity contribution < 1.29 is 4.52 Å². The van der Waals surface area contributed by atoms with Gasteiger partial charge in [0.25, 0.3) is 5.89 Å². The zero-order valence-electron chi connectivity index (χ0n) is 10.5. The lowest BCUT2D eigenvalue weighted by molar-refractivity contribution is 0.432. The summed E-state index contributed by atoms with van der Waals surface area (Å²) in [5.74, 6) is 0.768. The molecule has 0 aliphatic heterocycles. The molecule has 0 atom stereocenters. The Morgan fingerprint density at radius 3 is 2.48 bits per heavy atom. The van der Waals surface area contributed by atoms with Crippen LogP contribution in [0.2, 0.25) is 10.0 Å². The maximum absolute atomic E-state index is 5.98. The summed E-state index contributed by atoms with van der Waals surface area (Å²) >= 11 is 14.2. The zero-order chi connectivity index (χ0) is 15.0. The van der Waals surface area contributed by atoms with E-state index < -0.39 is 0 Å². The largest absolute Gasteiger partial charge is 0.398 e. The summed E-state index contributed by atoms with van der Waals surface area (Å²) in [4.78, 5) is 4.36. The van der Waals surface area contributed by atoms with Gasteiger partial charge in [0.15, 0.2) is 0 Å². The van der Waals surface area contributed by atoms with Gasteiger partial charge in [0.05, 0.1) is 5.56 Å². The fraction of sp³-hybridized carbons (Fsp3) is 0. The summed E-state index contributed by atoms with van der Waals surface area (Å²) in [5, 5.41) is 4.98. The van der Waals surface area contributed by atoms with Crippen LogP contribution in [-0.4, -0.2) is 10.1 Å². The van der Waals surface area contributed by atoms with E-state index >= 15 is 0 Å². The molecule has 106 valence electrons. The van der Waals surface area contributed by atoms with E-state index in [1.165, 1.54) is 0 Å². The van der Waals surface area contributed by atoms with Crippen molar-refractivity contribution in [2.45, 2.75) is 0 Å². The molecule has 0 fully saturated rings. The standard InChI is InChI=1S/C14H8Cl2IN3O/c15-8-3-7(4-9(16)5-8)13-19-14(21-20-13)11-6-10(17)1-2-12(11)18/h1-6H,18H2. The lowest BCUT2D eigenvalue weighted by atomic mass is 10.2. The average molecular weight is 432 g/mol. The highest BCUT2D eigenvalue weighted by Gasteiger charge is 2.14. The average Bonchev–Trinajstić information content (AvgIpc) is 2.90. The van der Waals surface area contributed by atoms with Gasteiger partial charge in [-0.25, -0.2) is 0 Å². The highest BCUT2D eigenvalue weighted by molar-refractivity contribution is 14.1. The highest BCUT2D eigenvalue weighted by Crippen LogP contribution is 2.30. The summed E-state index contributed by atoms with van der Waals surface area (Å²) in [5.41, 5.74) is 7.91. The Morgan fingerprint density at radius 1 is 1.05 bits per heavy atom. The zero-order valence-corrected chi connectivity index (χ0v) is 14.1. The predicted molar refractivity (Wildman–Crippen MR) is 92.3 cm³/mol. The van der Waals surface area contributed by atoms with E-state index in [0.29, 0.717) is 38.6 Å². The van der Waals surface area contributed by atoms with Gasteiger partial charge in [-0.2, -0.15) is 4.98 Å². The molecule has 3 rings (SSSR count). The molecule has 1 aromatic heterocycles. The van der Waals surface area contributed by atoms with Gasteiger partial charge in [0.1, 0.15) is 0 Å². The Kier molecular flexibility index (Phi) is 4.05. The molecule has 0 bridgehead atoms. The van der Waals surface area contributed by atoms with Gasteiger partial charge in [-0.15, -0.1) is 0 Å². The minimum absolute atomic E-state index is 0.358. The fourth-order valence-corrected chi connectivity index (χ4v) is 2.86. The molecule has 1 heterocycles. The lowest BCUT2D eigenvalue weighted by Crippen LogP contribution is -1.91. The van der Waals surface area contributed by atoms with E-state index in [9.17, 15) is 0 Å². The van der Waals surface area contributed by atoms with Crippen LogP contribution in [0, 0.1) is 3.57 Å². The first-order valence-corrected chi connectivity index (χ1v) is 7.72. The van der Waals surface area contributed by atoms with Crippen molar-refractivity contribution in [2.24, 2.45) is 0 Å². The molecule has 7 heteroatoms. The van der Waals surface area contributed by atoms with Crippen LogP contribution in [0.5, 0.6) is 0 Å². The maximum atomic E-state index is 5.98. The van der Waals surface area contributed by atoms with E-state index in [2.05, 4.69) is 32.7 Å². The van der Waals surface area contributed by atoms with Gasteiger partial charge in [-0.05, 0) is 59.0 Å². The quantitative estimate of drug-likeness (QED) is 0.463. The molecule has 0 amide bonds. The SMILES string of the molecule is Nc1ccc(I)cc1-c1nc(-c2cc(Cl)cc(Cl)c2)no1. The van der Waals surface area contributed by atoms with Gasteiger partial charge < -0.3 is 10.3 Å². The van der Waals surface area contributed by atoms with Crippen LogP contribution in [-0.2, 0) is 0 Å². The van der Waals surface area contributed by atoms with Gasteiger partial charge >= 0.3 is 0 Å². The van der Waals surface area contributed by atoms with Gasteiger partial charge in [0, 0.05) is 24.9 Å². The van der Waals surface area contributed by atoms with E-state index in [-0.39, 0.29) is 0 Å². The maximum Gasteiger partial charge on any atom is 0.260 e. The van der Waals surface area contributed by atoms with Crippen molar-refractivity contribution in [3.05, 3.63) is 50.0 Å². The molecule has 4 nitrogen and oxygen atoms in total. The smallest absolute Gasteiger partial charge is 0.260 e. The monoisotopic (exact) mass is 431 g/mol. The Morgan fingerprint density at radius 2 is 1.76 bits per heavy atom. The van der Waals surface area contributed by atoms with Crippen molar-refractivity contribution in [3.63, 3.8) is 0 Å². The van der Waals surface area contributed by atoms with Crippen molar-refractivity contribution >= 4 is 51.5 Å². The third-order valence-electron chi connectivity index (χ3n) is 2.79. The molecular weight excluding hydrogens is 424 g/mol. The van der Waals surface area contributed by atoms with Crippen LogP contribution in [0.1, 0.15) is 0 Å². The second-order valence-electron chi connectivity index (χ2n) is 4.31. The molecule has 0 spiro atoms. The Hall–Kier alpha value is -1.31. The molecule has 2 aromatic carbocycles. The number of nitrogens with two attached hydrogens (primary N) is 1. The summed E-state index contributed by atoms with van der Waals surface area (Å²) in [7, 11) is 0. The number of rotatable bonds is 2. The third kappa shape index (κ3) is 3.14. The first kappa shape index (κ1) is 14.6. The van der Waals surface area contributed by atoms with E-state index in [1.807, 2.05) is 12.1 Å². The Balaban J connectivity index is 2.05. The fourth-order valence-electron chi connectivity index (χ4n) is 1.85. The van der Waals surface area contributed by atoms with Crippen LogP contribution in [0.3, 0.4) is 0 Å². The van der Waals surface area contributed by atoms with Crippen LogP contribution in [0.15, 0.2) is 40.9 Å². The van der Waals surface area contributed by atoms with E-state index in [0.717, 1.165) is 3.57 Å². The lowest BCUT2D eigenvalue weighted by Gasteiger charge is -2.00. The van der Waals surface area contributed by atoms with Gasteiger partial charge in [0.2, 0.25) is 5.82 Å². The van der Waals surface area contributed by atoms with E-state index in [1.54, 1.807) is 24.3 Å². The molecule has 0 aliphatic rings. The highest BCUT2D eigenvalue weighted by atomic mass is 127. The number of hydrogen-bond acceptors (Lipinski definition) is 4. The summed E-state index contributed by atoms with van der Waals surface area (Å²) < 4.78 is 6.32. The second-order valence-corrected chi connectivity index (χ2v) is 6.43. The van der Waals surface area contributed by atoms with Crippen LogP contribution < -0.4 is 5.73 Å². The minimum atomic E-state index is 0.358. The van der Waals surface area contributed by atoms with Crippen molar-refractivity contribution in [1.82, 2.24) is 10.1 Å². The first-order chi connectivity index (χ1) is 10.0. The molecule has 0 radical (unpaired) electrons. The summed E-state index contributed by atoms with van der Waals surface area (Å²) in [6, 6.07) is 10.7. The number of nitrogens with zero attached hydrogens (tertiary/aromatic N) is 2. The summed E-state index contributed by atoms with van der Waals surface area (Å²) in [6.07, 6.45) is 0. The molecular formula is C14H8Cl2IN3O. The topological polar surface area (TPSA) is 64.9 Å². The molecule has 2 N–H and O–H groups in total. The molecule has 0 aliphatic carbocycles. The molecule has 3 aromatic rings. The first-order valence-electron chi connectivity index (χ1n) is 5.88. The number of benzene rings is 2. The molecule has 0 saturated heterocycles. The van der Waals surface area contributed by atoms with Crippen LogP contribution in [0.4, 0.5) is 5.69 Å². The number of halogens is 3. The molecule has 0 unspecified atom stereocenters. The number of aromatic nitrogens is 2. The minimum Gasteiger partial charge on any atom is -0.398 e. The normalized spacial score (nSPS) is 10.8. The predicted octanol–water partition coefficient (Wildman–Crippen LogP) is 4.90. The third-order valence-corrected chi connectivity index (χ3v) is 3.90. The second kappa shape index (κ2) is 5.82. The molecule has 0 saturated carbocycles. The Labute approximate surface area is 144 Å². The summed E-state index contributed by atoms with van der Waals surface area (Å²) in [6.45, 7) is 0. The van der Waals surface area contributed by atoms with E-state index in [4.69, 9.17) is 33.5 Å². The number of nitrogen functional groups attached to an aromatic ring is 1. The van der Waals surface area contributed by atoms with Gasteiger partial charge in [-0.1, -0.05) is 28.4 Å². The van der Waals surface area contributed by atoms with Crippen molar-refractivity contribution in [2.75, 3.05) is 5.73 Å². The van der Waals surface area contributed by atoms with Crippen LogP contribution >= 0.6 is 45.8 Å². The van der Waals surface area contributed by atoms with Crippen molar-refractivity contribution in [3.8, 4) is 22.8 Å². The van der Waals surface area contributed by atoms with Crippen molar-refractivity contribution in [1.29, 1.82) is 0 Å². The Bertz CT molecular complexity index is 799. The molecule has 21 heavy (non-hydrogen) atoms. The van der Waals surface area contributed by atoms with Crippen LogP contribution in [0.25, 0.3) is 22.8 Å². The number of anilines is 1. The van der Waals surface area contributed by atoms with Gasteiger partial charge in [-0.3, -0.25) is 0 Å². The number of hydrogen-bond donors (Lipinski definition) is 1.